The van der Waals surface area contributed by atoms with Gasteiger partial charge in [0.2, 0.25) is 0 Å². The molecule has 3 aromatic heterocycles. The van der Waals surface area contributed by atoms with Gasteiger partial charge >= 0.3 is 0 Å². The Morgan fingerprint density at radius 2 is 1.05 bits per heavy atom. The van der Waals surface area contributed by atoms with Crippen molar-refractivity contribution in [3.8, 4) is 44.9 Å². The summed E-state index contributed by atoms with van der Waals surface area (Å²) in [4.78, 5) is 12.7. The van der Waals surface area contributed by atoms with Gasteiger partial charge < -0.3 is 9.32 Å². The van der Waals surface area contributed by atoms with Crippen LogP contribution in [0.4, 0.5) is 17.1 Å². The van der Waals surface area contributed by atoms with Crippen LogP contribution in [0.3, 0.4) is 0 Å². The van der Waals surface area contributed by atoms with Gasteiger partial charge in [0, 0.05) is 49.0 Å². The average Bonchev–Trinajstić information content (AvgIpc) is 3.86. The average molecular weight is 748 g/mol. The largest absolute Gasteiger partial charge is 0.456 e. The second-order valence-corrected chi connectivity index (χ2v) is 15.2. The maximum atomic E-state index is 6.58. The molecule has 0 unspecified atom stereocenters. The molecule has 0 N–H and O–H groups in total. The predicted molar refractivity (Wildman–Crippen MR) is 239 cm³/mol. The van der Waals surface area contributed by atoms with Crippen molar-refractivity contribution < 1.29 is 4.42 Å². The van der Waals surface area contributed by atoms with E-state index in [2.05, 4.69) is 187 Å². The molecular weight excluding hydrogens is 715 g/mol. The number of fused-ring (bicyclic) bond motifs is 6. The zero-order valence-electron chi connectivity index (χ0n) is 30.7. The fraction of sp³-hybridized carbons (Fsp3) is 0. The van der Waals surface area contributed by atoms with Crippen molar-refractivity contribution in [3.63, 3.8) is 0 Å². The number of nitrogens with zero attached hydrogens (tertiary/aromatic N) is 3. The van der Waals surface area contributed by atoms with Gasteiger partial charge in [0.1, 0.15) is 11.2 Å². The SMILES string of the molecule is c1ccc(-c2nc(-c3cccc(-c4cccc5oc6cc(-c7ccc(N(c8ccccc8)c8ccccc8)cc7)ccc6c45)c3)nc3c2sc2ccccc23)cc1. The molecule has 8 aromatic carbocycles. The van der Waals surface area contributed by atoms with Crippen molar-refractivity contribution in [1.29, 1.82) is 0 Å². The first-order valence-electron chi connectivity index (χ1n) is 19.1. The monoisotopic (exact) mass is 747 g/mol. The summed E-state index contributed by atoms with van der Waals surface area (Å²) in [7, 11) is 0. The van der Waals surface area contributed by atoms with Crippen LogP contribution in [0.5, 0.6) is 0 Å². The number of hydrogen-bond acceptors (Lipinski definition) is 5. The van der Waals surface area contributed by atoms with Crippen LogP contribution in [0, 0.1) is 0 Å². The van der Waals surface area contributed by atoms with Crippen molar-refractivity contribution in [3.05, 3.63) is 200 Å². The number of benzene rings is 8. The molecule has 0 amide bonds. The van der Waals surface area contributed by atoms with Crippen molar-refractivity contribution in [2.24, 2.45) is 0 Å². The molecule has 0 bridgehead atoms. The number of aromatic nitrogens is 2. The minimum absolute atomic E-state index is 0.710. The molecule has 0 fully saturated rings. The highest BCUT2D eigenvalue weighted by Crippen LogP contribution is 2.42. The van der Waals surface area contributed by atoms with E-state index in [9.17, 15) is 0 Å². The number of para-hydroxylation sites is 2. The summed E-state index contributed by atoms with van der Waals surface area (Å²) in [5.74, 6) is 0.710. The summed E-state index contributed by atoms with van der Waals surface area (Å²) in [6.45, 7) is 0. The Morgan fingerprint density at radius 1 is 0.421 bits per heavy atom. The fourth-order valence-electron chi connectivity index (χ4n) is 7.99. The quantitative estimate of drug-likeness (QED) is 0.163. The molecule has 0 saturated heterocycles. The van der Waals surface area contributed by atoms with Gasteiger partial charge in [0.05, 0.1) is 15.9 Å². The highest BCUT2D eigenvalue weighted by atomic mass is 32.1. The third-order valence-electron chi connectivity index (χ3n) is 10.7. The summed E-state index contributed by atoms with van der Waals surface area (Å²) in [5, 5.41) is 3.33. The minimum Gasteiger partial charge on any atom is -0.456 e. The highest BCUT2D eigenvalue weighted by Gasteiger charge is 2.19. The molecule has 0 aliphatic carbocycles. The van der Waals surface area contributed by atoms with Crippen LogP contribution in [0.15, 0.2) is 205 Å². The Hall–Kier alpha value is -7.34. The maximum Gasteiger partial charge on any atom is 0.160 e. The van der Waals surface area contributed by atoms with Gasteiger partial charge in [0.25, 0.3) is 0 Å². The molecule has 11 rings (SSSR count). The van der Waals surface area contributed by atoms with Gasteiger partial charge in [-0.25, -0.2) is 9.97 Å². The van der Waals surface area contributed by atoms with Crippen LogP contribution in [0.25, 0.3) is 87.1 Å². The van der Waals surface area contributed by atoms with E-state index in [4.69, 9.17) is 14.4 Å². The molecule has 5 heteroatoms. The third kappa shape index (κ3) is 5.84. The molecule has 57 heavy (non-hydrogen) atoms. The normalized spacial score (nSPS) is 11.5. The number of rotatable bonds is 7. The molecule has 0 radical (unpaired) electrons. The Balaban J connectivity index is 0.973. The highest BCUT2D eigenvalue weighted by molar-refractivity contribution is 7.26. The van der Waals surface area contributed by atoms with E-state index in [0.717, 1.165) is 93.7 Å². The molecule has 0 aliphatic heterocycles. The number of hydrogen-bond donors (Lipinski definition) is 0. The standard InChI is InChI=1S/C52H33N3OS/c1-4-14-35(15-5-1)49-51-50(44-22-10-11-25-47(44)57-51)54-52(53-49)38-17-12-16-37(32-38)42-23-13-24-45-48(42)43-31-28-36(33-46(43)56-45)34-26-29-41(30-27-34)55(39-18-6-2-7-19-39)40-20-8-3-9-21-40/h1-33H. The van der Waals surface area contributed by atoms with Gasteiger partial charge in [-0.15, -0.1) is 11.3 Å². The summed E-state index contributed by atoms with van der Waals surface area (Å²) in [5.41, 5.74) is 13.5. The molecule has 4 nitrogen and oxygen atoms in total. The van der Waals surface area contributed by atoms with Gasteiger partial charge in [-0.2, -0.15) is 0 Å². The Kier molecular flexibility index (Phi) is 7.97. The van der Waals surface area contributed by atoms with E-state index in [1.165, 1.54) is 4.70 Å². The summed E-state index contributed by atoms with van der Waals surface area (Å²) < 4.78 is 8.90. The second kappa shape index (κ2) is 13.7. The number of furan rings is 1. The lowest BCUT2D eigenvalue weighted by Gasteiger charge is -2.25. The molecule has 11 aromatic rings. The summed E-state index contributed by atoms with van der Waals surface area (Å²) in [6, 6.07) is 70.1. The van der Waals surface area contributed by atoms with Gasteiger partial charge in [-0.05, 0) is 89.0 Å². The number of thiophene rings is 1. The van der Waals surface area contributed by atoms with Crippen LogP contribution in [0.2, 0.25) is 0 Å². The van der Waals surface area contributed by atoms with Crippen LogP contribution in [-0.4, -0.2) is 9.97 Å². The van der Waals surface area contributed by atoms with E-state index in [0.29, 0.717) is 5.82 Å². The third-order valence-corrected chi connectivity index (χ3v) is 11.9. The molecule has 0 aliphatic rings. The van der Waals surface area contributed by atoms with Crippen LogP contribution in [0.1, 0.15) is 0 Å². The van der Waals surface area contributed by atoms with Crippen molar-refractivity contribution >= 4 is 70.6 Å². The smallest absolute Gasteiger partial charge is 0.160 e. The lowest BCUT2D eigenvalue weighted by Crippen LogP contribution is -2.09. The van der Waals surface area contributed by atoms with Gasteiger partial charge in [-0.3, -0.25) is 0 Å². The maximum absolute atomic E-state index is 6.58. The molecule has 0 atom stereocenters. The molecule has 3 heterocycles. The molecular formula is C52H33N3OS. The van der Waals surface area contributed by atoms with E-state index >= 15 is 0 Å². The molecule has 0 spiro atoms. The number of anilines is 3. The van der Waals surface area contributed by atoms with Crippen LogP contribution >= 0.6 is 11.3 Å². The lowest BCUT2D eigenvalue weighted by molar-refractivity contribution is 0.669. The van der Waals surface area contributed by atoms with Crippen molar-refractivity contribution in [2.75, 3.05) is 4.90 Å². The second-order valence-electron chi connectivity index (χ2n) is 14.2. The first-order chi connectivity index (χ1) is 28.2. The van der Waals surface area contributed by atoms with E-state index < -0.39 is 0 Å². The van der Waals surface area contributed by atoms with Crippen LogP contribution < -0.4 is 4.90 Å². The minimum atomic E-state index is 0.710. The van der Waals surface area contributed by atoms with Gasteiger partial charge in [-0.1, -0.05) is 133 Å². The van der Waals surface area contributed by atoms with E-state index in [-0.39, 0.29) is 0 Å². The predicted octanol–water partition coefficient (Wildman–Crippen LogP) is 14.9. The first-order valence-corrected chi connectivity index (χ1v) is 19.9. The summed E-state index contributed by atoms with van der Waals surface area (Å²) in [6.07, 6.45) is 0. The molecule has 268 valence electrons. The van der Waals surface area contributed by atoms with Crippen molar-refractivity contribution in [2.45, 2.75) is 0 Å². The fourth-order valence-corrected chi connectivity index (χ4v) is 9.14. The Labute approximate surface area is 333 Å². The van der Waals surface area contributed by atoms with E-state index in [1.54, 1.807) is 11.3 Å². The van der Waals surface area contributed by atoms with Crippen molar-refractivity contribution in [1.82, 2.24) is 9.97 Å². The van der Waals surface area contributed by atoms with Gasteiger partial charge in [0.15, 0.2) is 5.82 Å². The zero-order chi connectivity index (χ0) is 37.7. The topological polar surface area (TPSA) is 42.2 Å². The summed E-state index contributed by atoms with van der Waals surface area (Å²) >= 11 is 1.75. The Morgan fingerprint density at radius 3 is 1.82 bits per heavy atom. The zero-order valence-corrected chi connectivity index (χ0v) is 31.5. The molecule has 0 saturated carbocycles. The first kappa shape index (κ1) is 33.0. The van der Waals surface area contributed by atoms with Crippen LogP contribution in [-0.2, 0) is 0 Å². The van der Waals surface area contributed by atoms with E-state index in [1.807, 2.05) is 18.2 Å². The lowest BCUT2D eigenvalue weighted by atomic mass is 9.96. The Bertz CT molecular complexity index is 3190.